The Morgan fingerprint density at radius 3 is 2.79 bits per heavy atom. The topological polar surface area (TPSA) is 17.1 Å². The van der Waals surface area contributed by atoms with Crippen LogP contribution in [-0.2, 0) is 4.79 Å². The van der Waals surface area contributed by atoms with Gasteiger partial charge in [0.05, 0.1) is 3.79 Å². The SMILES string of the molecule is CCC1C(=O)CC1c1cc(Br)sc1C. The van der Waals surface area contributed by atoms with Gasteiger partial charge in [0.15, 0.2) is 0 Å². The minimum atomic E-state index is 0.287. The monoisotopic (exact) mass is 272 g/mol. The first-order valence-electron chi connectivity index (χ1n) is 4.92. The second-order valence-electron chi connectivity index (χ2n) is 3.85. The Morgan fingerprint density at radius 2 is 2.36 bits per heavy atom. The van der Waals surface area contributed by atoms with E-state index < -0.39 is 0 Å². The van der Waals surface area contributed by atoms with E-state index >= 15 is 0 Å². The van der Waals surface area contributed by atoms with Crippen LogP contribution in [0.15, 0.2) is 9.85 Å². The molecular weight excluding hydrogens is 260 g/mol. The van der Waals surface area contributed by atoms with Crippen molar-refractivity contribution in [1.82, 2.24) is 0 Å². The molecule has 0 bridgehead atoms. The van der Waals surface area contributed by atoms with E-state index in [1.54, 1.807) is 11.3 Å². The van der Waals surface area contributed by atoms with Gasteiger partial charge in [0.2, 0.25) is 0 Å². The van der Waals surface area contributed by atoms with Crippen LogP contribution in [-0.4, -0.2) is 5.78 Å². The maximum atomic E-state index is 11.4. The third-order valence-electron chi connectivity index (χ3n) is 3.09. The fourth-order valence-corrected chi connectivity index (χ4v) is 4.02. The molecule has 2 rings (SSSR count). The molecule has 0 aliphatic heterocycles. The third kappa shape index (κ3) is 1.57. The summed E-state index contributed by atoms with van der Waals surface area (Å²) in [6.45, 7) is 4.24. The molecule has 14 heavy (non-hydrogen) atoms. The number of hydrogen-bond donors (Lipinski definition) is 0. The van der Waals surface area contributed by atoms with Crippen molar-refractivity contribution in [1.29, 1.82) is 0 Å². The number of thiophene rings is 1. The fraction of sp³-hybridized carbons (Fsp3) is 0.545. The van der Waals surface area contributed by atoms with Crippen LogP contribution in [0.25, 0.3) is 0 Å². The number of aryl methyl sites for hydroxylation is 1. The quantitative estimate of drug-likeness (QED) is 0.798. The lowest BCUT2D eigenvalue weighted by molar-refractivity contribution is -0.131. The number of carbonyl (C=O) groups excluding carboxylic acids is 1. The first-order valence-corrected chi connectivity index (χ1v) is 6.53. The molecule has 76 valence electrons. The van der Waals surface area contributed by atoms with Crippen molar-refractivity contribution in [3.63, 3.8) is 0 Å². The fourth-order valence-electron chi connectivity index (χ4n) is 2.24. The number of rotatable bonds is 2. The maximum Gasteiger partial charge on any atom is 0.137 e. The Morgan fingerprint density at radius 1 is 1.64 bits per heavy atom. The van der Waals surface area contributed by atoms with E-state index in [4.69, 9.17) is 0 Å². The van der Waals surface area contributed by atoms with Gasteiger partial charge in [-0.2, -0.15) is 0 Å². The number of halogens is 1. The average Bonchev–Trinajstić information content (AvgIpc) is 2.41. The predicted octanol–water partition coefficient (Wildman–Crippen LogP) is 3.90. The summed E-state index contributed by atoms with van der Waals surface area (Å²) >= 11 is 5.26. The largest absolute Gasteiger partial charge is 0.299 e. The zero-order valence-electron chi connectivity index (χ0n) is 8.34. The van der Waals surface area contributed by atoms with Gasteiger partial charge in [-0.15, -0.1) is 11.3 Å². The summed E-state index contributed by atoms with van der Waals surface area (Å²) in [7, 11) is 0. The lowest BCUT2D eigenvalue weighted by Gasteiger charge is -2.34. The molecule has 1 aromatic heterocycles. The van der Waals surface area contributed by atoms with Gasteiger partial charge in [-0.25, -0.2) is 0 Å². The second kappa shape index (κ2) is 3.78. The predicted molar refractivity (Wildman–Crippen MR) is 62.9 cm³/mol. The lowest BCUT2D eigenvalue weighted by Crippen LogP contribution is -2.34. The van der Waals surface area contributed by atoms with Gasteiger partial charge in [-0.3, -0.25) is 4.79 Å². The van der Waals surface area contributed by atoms with Crippen molar-refractivity contribution < 1.29 is 4.79 Å². The zero-order chi connectivity index (χ0) is 10.3. The van der Waals surface area contributed by atoms with Crippen molar-refractivity contribution in [3.8, 4) is 0 Å². The van der Waals surface area contributed by atoms with Crippen molar-refractivity contribution in [3.05, 3.63) is 20.3 Å². The summed E-state index contributed by atoms with van der Waals surface area (Å²) < 4.78 is 1.18. The Labute approximate surface area is 96.6 Å². The molecule has 3 heteroatoms. The van der Waals surface area contributed by atoms with Crippen molar-refractivity contribution in [2.24, 2.45) is 5.92 Å². The van der Waals surface area contributed by atoms with Crippen LogP contribution in [0.1, 0.15) is 36.1 Å². The highest BCUT2D eigenvalue weighted by molar-refractivity contribution is 9.11. The molecule has 0 N–H and O–H groups in total. The Bertz CT molecular complexity index is 369. The molecule has 2 atom stereocenters. The summed E-state index contributed by atoms with van der Waals surface area (Å²) in [5.74, 6) is 1.23. The molecule has 0 spiro atoms. The van der Waals surface area contributed by atoms with E-state index in [1.165, 1.54) is 14.2 Å². The molecule has 2 unspecified atom stereocenters. The van der Waals surface area contributed by atoms with Gasteiger partial charge in [-0.1, -0.05) is 6.92 Å². The van der Waals surface area contributed by atoms with Crippen molar-refractivity contribution >= 4 is 33.0 Å². The third-order valence-corrected chi connectivity index (χ3v) is 4.66. The van der Waals surface area contributed by atoms with Crippen LogP contribution in [0.2, 0.25) is 0 Å². The molecule has 1 aliphatic rings. The van der Waals surface area contributed by atoms with E-state index in [9.17, 15) is 4.79 Å². The van der Waals surface area contributed by atoms with Crippen LogP contribution in [0.3, 0.4) is 0 Å². The van der Waals surface area contributed by atoms with Crippen molar-refractivity contribution in [2.75, 3.05) is 0 Å². The number of carbonyl (C=O) groups is 1. The van der Waals surface area contributed by atoms with E-state index in [-0.39, 0.29) is 5.92 Å². The molecule has 1 aromatic rings. The van der Waals surface area contributed by atoms with E-state index in [0.717, 1.165) is 12.8 Å². The highest BCUT2D eigenvalue weighted by Gasteiger charge is 2.40. The van der Waals surface area contributed by atoms with Crippen molar-refractivity contribution in [2.45, 2.75) is 32.6 Å². The number of Topliss-reactive ketones (excluding diaryl/α,β-unsaturated/α-hetero) is 1. The molecule has 1 heterocycles. The molecule has 1 aliphatic carbocycles. The Kier molecular flexibility index (Phi) is 2.80. The summed E-state index contributed by atoms with van der Waals surface area (Å²) in [5, 5.41) is 0. The zero-order valence-corrected chi connectivity index (χ0v) is 10.7. The van der Waals surface area contributed by atoms with Crippen LogP contribution < -0.4 is 0 Å². The molecule has 0 aromatic carbocycles. The van der Waals surface area contributed by atoms with E-state index in [1.807, 2.05) is 0 Å². The Balaban J connectivity index is 2.24. The maximum absolute atomic E-state index is 11.4. The number of ketones is 1. The highest BCUT2D eigenvalue weighted by atomic mass is 79.9. The Hall–Kier alpha value is -0.150. The second-order valence-corrected chi connectivity index (χ2v) is 6.49. The van der Waals surface area contributed by atoms with Gasteiger partial charge in [0.1, 0.15) is 5.78 Å². The summed E-state index contributed by atoms with van der Waals surface area (Å²) in [5.41, 5.74) is 1.38. The van der Waals surface area contributed by atoms with Gasteiger partial charge >= 0.3 is 0 Å². The minimum Gasteiger partial charge on any atom is -0.299 e. The smallest absolute Gasteiger partial charge is 0.137 e. The summed E-state index contributed by atoms with van der Waals surface area (Å²) in [6.07, 6.45) is 1.74. The molecular formula is C11H13BrOS. The first-order chi connectivity index (χ1) is 6.63. The molecule has 0 amide bonds. The first kappa shape index (κ1) is 10.4. The van der Waals surface area contributed by atoms with Gasteiger partial charge in [0.25, 0.3) is 0 Å². The van der Waals surface area contributed by atoms with Crippen LogP contribution >= 0.6 is 27.3 Å². The van der Waals surface area contributed by atoms with Crippen LogP contribution in [0, 0.1) is 12.8 Å². The van der Waals surface area contributed by atoms with Gasteiger partial charge < -0.3 is 0 Å². The highest BCUT2D eigenvalue weighted by Crippen LogP contribution is 2.45. The summed E-state index contributed by atoms with van der Waals surface area (Å²) in [6, 6.07) is 2.18. The average molecular weight is 273 g/mol. The molecule has 0 radical (unpaired) electrons. The van der Waals surface area contributed by atoms with Crippen LogP contribution in [0.4, 0.5) is 0 Å². The van der Waals surface area contributed by atoms with E-state index in [2.05, 4.69) is 35.8 Å². The normalized spacial score (nSPS) is 26.4. The molecule has 1 nitrogen and oxygen atoms in total. The molecule has 1 fully saturated rings. The van der Waals surface area contributed by atoms with E-state index in [0.29, 0.717) is 11.7 Å². The van der Waals surface area contributed by atoms with Gasteiger partial charge in [-0.05, 0) is 40.9 Å². The summed E-state index contributed by atoms with van der Waals surface area (Å²) in [4.78, 5) is 12.7. The number of hydrogen-bond acceptors (Lipinski definition) is 2. The van der Waals surface area contributed by atoms with Crippen LogP contribution in [0.5, 0.6) is 0 Å². The molecule has 0 saturated heterocycles. The molecule has 1 saturated carbocycles. The standard InChI is InChI=1S/C11H13BrOS/c1-3-7-9(4-10(7)13)8-5-11(12)14-6(8)2/h5,7,9H,3-4H2,1-2H3. The minimum absolute atomic E-state index is 0.287. The van der Waals surface area contributed by atoms with Gasteiger partial charge in [0, 0.05) is 23.1 Å². The lowest BCUT2D eigenvalue weighted by atomic mass is 9.68.